The van der Waals surface area contributed by atoms with Crippen LogP contribution in [0.15, 0.2) is 0 Å². The maximum Gasteiger partial charge on any atom is 0.179 e. The van der Waals surface area contributed by atoms with Crippen molar-refractivity contribution in [1.82, 2.24) is 4.90 Å². The summed E-state index contributed by atoms with van der Waals surface area (Å²) >= 11 is 0. The molecule has 13 heavy (non-hydrogen) atoms. The number of nitrogens with zero attached hydrogens (tertiary/aromatic N) is 2. The molecule has 0 aliphatic heterocycles. The van der Waals surface area contributed by atoms with Crippen LogP contribution < -0.4 is 0 Å². The molecule has 0 saturated heterocycles. The van der Waals surface area contributed by atoms with E-state index in [1.165, 1.54) is 0 Å². The molecule has 0 aliphatic rings. The second kappa shape index (κ2) is 5.11. The van der Waals surface area contributed by atoms with Gasteiger partial charge >= 0.3 is 0 Å². The van der Waals surface area contributed by atoms with Gasteiger partial charge < -0.3 is 4.90 Å². The lowest BCUT2D eigenvalue weighted by Crippen LogP contribution is -2.42. The molecule has 0 N–H and O–H groups in total. The van der Waals surface area contributed by atoms with Crippen molar-refractivity contribution in [2.24, 2.45) is 5.92 Å². The average molecular weight is 182 g/mol. The minimum atomic E-state index is 0.0121. The minimum absolute atomic E-state index is 0.0121. The van der Waals surface area contributed by atoms with Gasteiger partial charge in [-0.1, -0.05) is 27.2 Å². The van der Waals surface area contributed by atoms with Crippen LogP contribution in [0.2, 0.25) is 0 Å². The van der Waals surface area contributed by atoms with Crippen molar-refractivity contribution >= 4 is 0 Å². The van der Waals surface area contributed by atoms with Crippen molar-refractivity contribution in [2.45, 2.75) is 53.0 Å². The summed E-state index contributed by atoms with van der Waals surface area (Å²) in [7, 11) is 0. The maximum absolute atomic E-state index is 9.01. The first-order chi connectivity index (χ1) is 5.97. The van der Waals surface area contributed by atoms with Crippen molar-refractivity contribution in [3.05, 3.63) is 0 Å². The maximum atomic E-state index is 9.01. The summed E-state index contributed by atoms with van der Waals surface area (Å²) in [4.78, 5) is 1.90. The molecule has 1 atom stereocenters. The topological polar surface area (TPSA) is 27.0 Å². The van der Waals surface area contributed by atoms with Gasteiger partial charge in [-0.15, -0.1) is 0 Å². The van der Waals surface area contributed by atoms with E-state index < -0.39 is 0 Å². The van der Waals surface area contributed by atoms with Crippen molar-refractivity contribution in [1.29, 1.82) is 5.26 Å². The lowest BCUT2D eigenvalue weighted by Gasteiger charge is -2.35. The van der Waals surface area contributed by atoms with E-state index in [4.69, 9.17) is 5.26 Å². The zero-order valence-corrected chi connectivity index (χ0v) is 9.59. The highest BCUT2D eigenvalue weighted by molar-refractivity contribution is 4.89. The van der Waals surface area contributed by atoms with Crippen LogP contribution in [0.1, 0.15) is 47.5 Å². The Kier molecular flexibility index (Phi) is 4.83. The van der Waals surface area contributed by atoms with E-state index in [2.05, 4.69) is 40.8 Å². The standard InChI is InChI=1S/C11H22N2/c1-6-10(3)8-13(9-12)11(4,5)7-2/h10H,6-8H2,1-5H3. The fourth-order valence-electron chi connectivity index (χ4n) is 1.05. The van der Waals surface area contributed by atoms with Crippen LogP contribution in [0.5, 0.6) is 0 Å². The van der Waals surface area contributed by atoms with Gasteiger partial charge in [-0.05, 0) is 26.2 Å². The van der Waals surface area contributed by atoms with Crippen molar-refractivity contribution in [3.8, 4) is 6.19 Å². The zero-order valence-electron chi connectivity index (χ0n) is 9.59. The van der Waals surface area contributed by atoms with Crippen molar-refractivity contribution < 1.29 is 0 Å². The van der Waals surface area contributed by atoms with Crippen LogP contribution in [0.4, 0.5) is 0 Å². The van der Waals surface area contributed by atoms with Crippen LogP contribution in [-0.2, 0) is 0 Å². The Bertz CT molecular complexity index is 179. The molecule has 0 rings (SSSR count). The Morgan fingerprint density at radius 1 is 1.38 bits per heavy atom. The summed E-state index contributed by atoms with van der Waals surface area (Å²) < 4.78 is 0. The Labute approximate surface area is 82.5 Å². The van der Waals surface area contributed by atoms with Gasteiger partial charge in [0.15, 0.2) is 6.19 Å². The number of hydrogen-bond acceptors (Lipinski definition) is 2. The molecule has 0 aliphatic carbocycles. The van der Waals surface area contributed by atoms with Gasteiger partial charge in [0.2, 0.25) is 0 Å². The molecule has 0 aromatic carbocycles. The highest BCUT2D eigenvalue weighted by Gasteiger charge is 2.24. The summed E-state index contributed by atoms with van der Waals surface area (Å²) in [6.07, 6.45) is 4.44. The van der Waals surface area contributed by atoms with Crippen molar-refractivity contribution in [3.63, 3.8) is 0 Å². The van der Waals surface area contributed by atoms with E-state index in [9.17, 15) is 0 Å². The lowest BCUT2D eigenvalue weighted by atomic mass is 9.97. The molecule has 0 aromatic heterocycles. The highest BCUT2D eigenvalue weighted by atomic mass is 15.2. The Balaban J connectivity index is 4.28. The minimum Gasteiger partial charge on any atom is -0.305 e. The molecule has 0 amide bonds. The predicted molar refractivity (Wildman–Crippen MR) is 56.1 cm³/mol. The predicted octanol–water partition coefficient (Wildman–Crippen LogP) is 3.00. The van der Waals surface area contributed by atoms with E-state index in [1.54, 1.807) is 0 Å². The van der Waals surface area contributed by atoms with Gasteiger partial charge in [0.1, 0.15) is 0 Å². The van der Waals surface area contributed by atoms with Gasteiger partial charge in [-0.25, -0.2) is 0 Å². The summed E-state index contributed by atoms with van der Waals surface area (Å²) in [6.45, 7) is 11.6. The van der Waals surface area contributed by atoms with Crippen LogP contribution >= 0.6 is 0 Å². The summed E-state index contributed by atoms with van der Waals surface area (Å²) in [6, 6.07) is 0. The lowest BCUT2D eigenvalue weighted by molar-refractivity contribution is 0.166. The molecule has 1 unspecified atom stereocenters. The van der Waals surface area contributed by atoms with E-state index in [0.29, 0.717) is 5.92 Å². The van der Waals surface area contributed by atoms with Crippen LogP contribution in [0, 0.1) is 17.4 Å². The smallest absolute Gasteiger partial charge is 0.179 e. The number of nitriles is 1. The van der Waals surface area contributed by atoms with Crippen molar-refractivity contribution in [2.75, 3.05) is 6.54 Å². The number of hydrogen-bond donors (Lipinski definition) is 0. The monoisotopic (exact) mass is 182 g/mol. The largest absolute Gasteiger partial charge is 0.305 e. The van der Waals surface area contributed by atoms with Gasteiger partial charge in [-0.2, -0.15) is 5.26 Å². The van der Waals surface area contributed by atoms with Gasteiger partial charge in [0.05, 0.1) is 0 Å². The third-order valence-electron chi connectivity index (χ3n) is 2.91. The molecular formula is C11H22N2. The molecule has 0 bridgehead atoms. The van der Waals surface area contributed by atoms with E-state index >= 15 is 0 Å². The van der Waals surface area contributed by atoms with E-state index in [-0.39, 0.29) is 5.54 Å². The zero-order chi connectivity index (χ0) is 10.5. The fourth-order valence-corrected chi connectivity index (χ4v) is 1.05. The van der Waals surface area contributed by atoms with Gasteiger partial charge in [0, 0.05) is 12.1 Å². The van der Waals surface area contributed by atoms with Gasteiger partial charge in [-0.3, -0.25) is 0 Å². The normalized spacial score (nSPS) is 13.5. The quantitative estimate of drug-likeness (QED) is 0.483. The second-order valence-corrected chi connectivity index (χ2v) is 4.39. The summed E-state index contributed by atoms with van der Waals surface area (Å²) in [5.74, 6) is 0.602. The molecule has 0 aromatic rings. The van der Waals surface area contributed by atoms with Crippen LogP contribution in [0.25, 0.3) is 0 Å². The van der Waals surface area contributed by atoms with Crippen LogP contribution in [-0.4, -0.2) is 17.0 Å². The third-order valence-corrected chi connectivity index (χ3v) is 2.91. The fraction of sp³-hybridized carbons (Fsp3) is 0.909. The summed E-state index contributed by atoms with van der Waals surface area (Å²) in [5.41, 5.74) is 0.0121. The number of rotatable bonds is 5. The molecule has 0 fully saturated rings. The van der Waals surface area contributed by atoms with Crippen LogP contribution in [0.3, 0.4) is 0 Å². The van der Waals surface area contributed by atoms with E-state index in [1.807, 2.05) is 4.90 Å². The molecule has 2 nitrogen and oxygen atoms in total. The molecule has 2 heteroatoms. The van der Waals surface area contributed by atoms with E-state index in [0.717, 1.165) is 19.4 Å². The highest BCUT2D eigenvalue weighted by Crippen LogP contribution is 2.19. The van der Waals surface area contributed by atoms with Gasteiger partial charge in [0.25, 0.3) is 0 Å². The first kappa shape index (κ1) is 12.3. The SMILES string of the molecule is CCC(C)CN(C#N)C(C)(C)CC. The average Bonchev–Trinajstić information content (AvgIpc) is 2.13. The second-order valence-electron chi connectivity index (χ2n) is 4.39. The Morgan fingerprint density at radius 3 is 2.23 bits per heavy atom. The first-order valence-electron chi connectivity index (χ1n) is 5.15. The first-order valence-corrected chi connectivity index (χ1v) is 5.15. The molecule has 0 heterocycles. The molecule has 76 valence electrons. The Morgan fingerprint density at radius 2 is 1.92 bits per heavy atom. The molecule has 0 spiro atoms. The summed E-state index contributed by atoms with van der Waals surface area (Å²) in [5, 5.41) is 9.01. The molecule has 0 radical (unpaired) electrons. The third kappa shape index (κ3) is 3.67. The molecular weight excluding hydrogens is 160 g/mol. The Hall–Kier alpha value is -0.710. The molecule has 0 saturated carbocycles.